The molecule has 1 heterocycles. The second-order valence-electron chi connectivity index (χ2n) is 6.00. The summed E-state index contributed by atoms with van der Waals surface area (Å²) in [5.41, 5.74) is 0. The van der Waals surface area contributed by atoms with Crippen molar-refractivity contribution < 1.29 is 9.53 Å². The molecule has 110 valence electrons. The average molecular weight is 268 g/mol. The quantitative estimate of drug-likeness (QED) is 0.845. The summed E-state index contributed by atoms with van der Waals surface area (Å²) in [6.07, 6.45) is 5.63. The van der Waals surface area contributed by atoms with Crippen LogP contribution in [-0.4, -0.2) is 49.2 Å². The van der Waals surface area contributed by atoms with Crippen LogP contribution < -0.4 is 5.32 Å². The molecule has 1 aliphatic carbocycles. The monoisotopic (exact) mass is 268 g/mol. The van der Waals surface area contributed by atoms with E-state index < -0.39 is 0 Å². The predicted octanol–water partition coefficient (Wildman–Crippen LogP) is 1.79. The van der Waals surface area contributed by atoms with Crippen LogP contribution in [0.15, 0.2) is 0 Å². The molecule has 0 bridgehead atoms. The molecule has 19 heavy (non-hydrogen) atoms. The molecular formula is C15H28N2O2. The van der Waals surface area contributed by atoms with Crippen molar-refractivity contribution in [1.82, 2.24) is 10.2 Å². The predicted molar refractivity (Wildman–Crippen MR) is 76.0 cm³/mol. The molecule has 1 aliphatic heterocycles. The van der Waals surface area contributed by atoms with E-state index in [4.69, 9.17) is 4.74 Å². The Labute approximate surface area is 116 Å². The maximum Gasteiger partial charge on any atom is 0.251 e. The van der Waals surface area contributed by atoms with E-state index >= 15 is 0 Å². The number of hydrogen-bond acceptors (Lipinski definition) is 3. The minimum absolute atomic E-state index is 0.197. The maximum atomic E-state index is 12.5. The summed E-state index contributed by atoms with van der Waals surface area (Å²) in [5.74, 6) is 0.938. The minimum Gasteiger partial charge on any atom is -0.365 e. The highest BCUT2D eigenvalue weighted by molar-refractivity contribution is 5.81. The third-order valence-electron chi connectivity index (χ3n) is 4.32. The fourth-order valence-corrected chi connectivity index (χ4v) is 3.15. The van der Waals surface area contributed by atoms with E-state index in [0.29, 0.717) is 6.10 Å². The smallest absolute Gasteiger partial charge is 0.251 e. The van der Waals surface area contributed by atoms with E-state index in [1.807, 2.05) is 4.90 Å². The summed E-state index contributed by atoms with van der Waals surface area (Å²) in [7, 11) is 0. The van der Waals surface area contributed by atoms with Gasteiger partial charge < -0.3 is 15.0 Å². The second-order valence-corrected chi connectivity index (χ2v) is 6.00. The molecule has 3 atom stereocenters. The summed E-state index contributed by atoms with van der Waals surface area (Å²) < 4.78 is 6.11. The lowest BCUT2D eigenvalue weighted by Gasteiger charge is -2.34. The minimum atomic E-state index is -0.228. The number of piperazine rings is 1. The number of rotatable bonds is 4. The fourth-order valence-electron chi connectivity index (χ4n) is 3.15. The van der Waals surface area contributed by atoms with Gasteiger partial charge in [0.25, 0.3) is 5.91 Å². The number of carbonyl (C=O) groups excluding carboxylic acids is 1. The number of nitrogens with one attached hydrogen (secondary N) is 1. The van der Waals surface area contributed by atoms with E-state index in [0.717, 1.165) is 51.4 Å². The van der Waals surface area contributed by atoms with Gasteiger partial charge in [-0.15, -0.1) is 0 Å². The molecule has 2 rings (SSSR count). The van der Waals surface area contributed by atoms with Crippen LogP contribution in [0.2, 0.25) is 0 Å². The largest absolute Gasteiger partial charge is 0.365 e. The standard InChI is InChI=1S/C15H28N2O2/c1-3-14(15(18)17-9-7-16-8-10-17)19-13-6-4-5-12(2)11-13/h12-14,16H,3-11H2,1-2H3. The molecule has 1 saturated heterocycles. The first-order valence-corrected chi connectivity index (χ1v) is 7.85. The van der Waals surface area contributed by atoms with Crippen molar-refractivity contribution in [3.63, 3.8) is 0 Å². The Hall–Kier alpha value is -0.610. The van der Waals surface area contributed by atoms with Gasteiger partial charge in [-0.3, -0.25) is 4.79 Å². The molecule has 0 radical (unpaired) electrons. The molecule has 0 aromatic carbocycles. The SMILES string of the molecule is CCC(OC1CCCC(C)C1)C(=O)N1CCNCC1. The summed E-state index contributed by atoms with van der Waals surface area (Å²) in [6, 6.07) is 0. The van der Waals surface area contributed by atoms with Gasteiger partial charge in [0.2, 0.25) is 0 Å². The number of hydrogen-bond donors (Lipinski definition) is 1. The third kappa shape index (κ3) is 4.18. The molecule has 2 aliphatic rings. The topological polar surface area (TPSA) is 41.6 Å². The molecule has 0 aromatic rings. The number of amides is 1. The van der Waals surface area contributed by atoms with Crippen molar-refractivity contribution >= 4 is 5.91 Å². The Kier molecular flexibility index (Phi) is 5.64. The summed E-state index contributed by atoms with van der Waals surface area (Å²) >= 11 is 0. The van der Waals surface area contributed by atoms with Gasteiger partial charge in [0.15, 0.2) is 0 Å². The third-order valence-corrected chi connectivity index (χ3v) is 4.32. The summed E-state index contributed by atoms with van der Waals surface area (Å²) in [5, 5.41) is 3.28. The fraction of sp³-hybridized carbons (Fsp3) is 0.933. The van der Waals surface area contributed by atoms with E-state index in [9.17, 15) is 4.79 Å². The summed E-state index contributed by atoms with van der Waals surface area (Å²) in [4.78, 5) is 14.4. The molecule has 1 amide bonds. The highest BCUT2D eigenvalue weighted by Crippen LogP contribution is 2.27. The van der Waals surface area contributed by atoms with Crippen molar-refractivity contribution in [2.45, 2.75) is 58.2 Å². The van der Waals surface area contributed by atoms with Crippen LogP contribution in [0.1, 0.15) is 46.0 Å². The highest BCUT2D eigenvalue weighted by atomic mass is 16.5. The van der Waals surface area contributed by atoms with Gasteiger partial charge in [-0.1, -0.05) is 26.7 Å². The Morgan fingerprint density at radius 2 is 2.11 bits per heavy atom. The second kappa shape index (κ2) is 7.25. The van der Waals surface area contributed by atoms with Gasteiger partial charge in [0.05, 0.1) is 6.10 Å². The van der Waals surface area contributed by atoms with Crippen molar-refractivity contribution in [3.8, 4) is 0 Å². The molecule has 2 fully saturated rings. The van der Waals surface area contributed by atoms with Crippen LogP contribution in [0.5, 0.6) is 0 Å². The van der Waals surface area contributed by atoms with E-state index in [1.165, 1.54) is 12.8 Å². The first kappa shape index (κ1) is 14.8. The Morgan fingerprint density at radius 3 is 2.74 bits per heavy atom. The van der Waals surface area contributed by atoms with Gasteiger partial charge in [-0.25, -0.2) is 0 Å². The molecule has 1 N–H and O–H groups in total. The molecule has 1 saturated carbocycles. The molecular weight excluding hydrogens is 240 g/mol. The highest BCUT2D eigenvalue weighted by Gasteiger charge is 2.29. The first-order chi connectivity index (χ1) is 9.20. The number of ether oxygens (including phenoxy) is 1. The van der Waals surface area contributed by atoms with Gasteiger partial charge in [0, 0.05) is 26.2 Å². The molecule has 4 nitrogen and oxygen atoms in total. The van der Waals surface area contributed by atoms with Crippen LogP contribution in [0.25, 0.3) is 0 Å². The van der Waals surface area contributed by atoms with Gasteiger partial charge in [-0.05, 0) is 25.2 Å². The van der Waals surface area contributed by atoms with Crippen LogP contribution in [0, 0.1) is 5.92 Å². The maximum absolute atomic E-state index is 12.5. The van der Waals surface area contributed by atoms with Crippen LogP contribution in [0.3, 0.4) is 0 Å². The lowest BCUT2D eigenvalue weighted by molar-refractivity contribution is -0.150. The van der Waals surface area contributed by atoms with Crippen molar-refractivity contribution in [1.29, 1.82) is 0 Å². The van der Waals surface area contributed by atoms with Gasteiger partial charge in [-0.2, -0.15) is 0 Å². The van der Waals surface area contributed by atoms with Gasteiger partial charge >= 0.3 is 0 Å². The van der Waals surface area contributed by atoms with Crippen LogP contribution in [-0.2, 0) is 9.53 Å². The van der Waals surface area contributed by atoms with Crippen LogP contribution in [0.4, 0.5) is 0 Å². The zero-order chi connectivity index (χ0) is 13.7. The van der Waals surface area contributed by atoms with E-state index in [1.54, 1.807) is 0 Å². The molecule has 3 unspecified atom stereocenters. The van der Waals surface area contributed by atoms with Crippen molar-refractivity contribution in [2.24, 2.45) is 5.92 Å². The molecule has 4 heteroatoms. The average Bonchev–Trinajstić information content (AvgIpc) is 2.45. The van der Waals surface area contributed by atoms with Crippen molar-refractivity contribution in [2.75, 3.05) is 26.2 Å². The Morgan fingerprint density at radius 1 is 1.37 bits per heavy atom. The Bertz CT molecular complexity index is 290. The number of nitrogens with zero attached hydrogens (tertiary/aromatic N) is 1. The summed E-state index contributed by atoms with van der Waals surface area (Å²) in [6.45, 7) is 7.79. The first-order valence-electron chi connectivity index (χ1n) is 7.85. The van der Waals surface area contributed by atoms with Gasteiger partial charge in [0.1, 0.15) is 6.10 Å². The number of carbonyl (C=O) groups is 1. The zero-order valence-electron chi connectivity index (χ0n) is 12.4. The normalized spacial score (nSPS) is 30.1. The lowest BCUT2D eigenvalue weighted by Crippen LogP contribution is -2.50. The lowest BCUT2D eigenvalue weighted by atomic mass is 9.88. The molecule has 0 aromatic heterocycles. The van der Waals surface area contributed by atoms with Crippen molar-refractivity contribution in [3.05, 3.63) is 0 Å². The van der Waals surface area contributed by atoms with E-state index in [2.05, 4.69) is 19.2 Å². The molecule has 0 spiro atoms. The van der Waals surface area contributed by atoms with Crippen LogP contribution >= 0.6 is 0 Å². The zero-order valence-corrected chi connectivity index (χ0v) is 12.4. The van der Waals surface area contributed by atoms with E-state index in [-0.39, 0.29) is 12.0 Å². The Balaban J connectivity index is 1.85.